The molecule has 1 nitrogen and oxygen atoms in total. The van der Waals surface area contributed by atoms with Gasteiger partial charge in [0.15, 0.2) is 0 Å². The van der Waals surface area contributed by atoms with Crippen molar-refractivity contribution in [3.63, 3.8) is 0 Å². The Balaban J connectivity index is 1.90. The van der Waals surface area contributed by atoms with Crippen LogP contribution in [0.1, 0.15) is 51.1 Å². The van der Waals surface area contributed by atoms with Gasteiger partial charge in [0.25, 0.3) is 0 Å². The second-order valence-corrected chi connectivity index (χ2v) is 6.23. The van der Waals surface area contributed by atoms with Crippen LogP contribution < -0.4 is 5.32 Å². The molecule has 1 unspecified atom stereocenters. The Bertz CT molecular complexity index is 371. The van der Waals surface area contributed by atoms with Crippen molar-refractivity contribution in [1.82, 2.24) is 5.32 Å². The minimum atomic E-state index is 0.430. The van der Waals surface area contributed by atoms with E-state index in [4.69, 9.17) is 0 Å². The molecule has 0 saturated heterocycles. The van der Waals surface area contributed by atoms with E-state index in [1.54, 1.807) is 0 Å². The molecule has 1 aromatic rings. The predicted molar refractivity (Wildman–Crippen MR) is 77.1 cm³/mol. The second-order valence-electron chi connectivity index (χ2n) is 5.37. The van der Waals surface area contributed by atoms with Gasteiger partial charge >= 0.3 is 0 Å². The third-order valence-corrected chi connectivity index (χ3v) is 4.61. The molecule has 1 N–H and O–H groups in total. The van der Waals surface area contributed by atoms with Crippen LogP contribution in [0, 0.1) is 5.41 Å². The van der Waals surface area contributed by atoms with Crippen LogP contribution in [0.2, 0.25) is 0 Å². The molecule has 1 fully saturated rings. The zero-order chi connectivity index (χ0) is 12.3. The predicted octanol–water partition coefficient (Wildman–Crippen LogP) is 4.68. The third kappa shape index (κ3) is 3.32. The first-order valence-electron chi connectivity index (χ1n) is 6.65. The Kier molecular flexibility index (Phi) is 4.26. The number of rotatable bonds is 6. The molecular formula is C15H22BrN. The summed E-state index contributed by atoms with van der Waals surface area (Å²) in [6, 6.07) is 8.92. The van der Waals surface area contributed by atoms with Crippen LogP contribution >= 0.6 is 15.9 Å². The molecule has 0 aromatic heterocycles. The van der Waals surface area contributed by atoms with Crippen molar-refractivity contribution in [2.45, 2.75) is 45.6 Å². The summed E-state index contributed by atoms with van der Waals surface area (Å²) < 4.78 is 1.21. The summed E-state index contributed by atoms with van der Waals surface area (Å²) in [5.74, 6) is 0. The molecular weight excluding hydrogens is 274 g/mol. The fraction of sp³-hybridized carbons (Fsp3) is 0.600. The van der Waals surface area contributed by atoms with Crippen LogP contribution in [0.5, 0.6) is 0 Å². The van der Waals surface area contributed by atoms with Gasteiger partial charge in [-0.2, -0.15) is 0 Å². The van der Waals surface area contributed by atoms with Gasteiger partial charge in [0.05, 0.1) is 0 Å². The summed E-state index contributed by atoms with van der Waals surface area (Å²) in [6.45, 7) is 5.71. The van der Waals surface area contributed by atoms with E-state index in [1.165, 1.54) is 42.3 Å². The van der Waals surface area contributed by atoms with Crippen molar-refractivity contribution >= 4 is 15.9 Å². The monoisotopic (exact) mass is 295 g/mol. The Morgan fingerprint density at radius 3 is 2.65 bits per heavy atom. The van der Waals surface area contributed by atoms with Crippen LogP contribution in [0.25, 0.3) is 0 Å². The maximum atomic E-state index is 3.70. The Labute approximate surface area is 113 Å². The van der Waals surface area contributed by atoms with E-state index in [-0.39, 0.29) is 0 Å². The van der Waals surface area contributed by atoms with Crippen molar-refractivity contribution in [2.75, 3.05) is 6.54 Å². The van der Waals surface area contributed by atoms with E-state index in [0.717, 1.165) is 0 Å². The first kappa shape index (κ1) is 13.1. The lowest BCUT2D eigenvalue weighted by Crippen LogP contribution is -2.27. The molecule has 1 aliphatic rings. The number of benzene rings is 1. The first-order chi connectivity index (χ1) is 8.17. The molecule has 0 bridgehead atoms. The van der Waals surface area contributed by atoms with Crippen molar-refractivity contribution in [2.24, 2.45) is 5.41 Å². The SMILES string of the molecule is CCCC1(CNC(C)c2ccccc2Br)CC1. The van der Waals surface area contributed by atoms with Crippen LogP contribution in [0.4, 0.5) is 0 Å². The fourth-order valence-electron chi connectivity index (χ4n) is 2.53. The van der Waals surface area contributed by atoms with E-state index >= 15 is 0 Å². The average Bonchev–Trinajstić information content (AvgIpc) is 3.08. The van der Waals surface area contributed by atoms with E-state index < -0.39 is 0 Å². The molecule has 0 radical (unpaired) electrons. The molecule has 94 valence electrons. The quantitative estimate of drug-likeness (QED) is 0.803. The van der Waals surface area contributed by atoms with Crippen molar-refractivity contribution < 1.29 is 0 Å². The number of hydrogen-bond acceptors (Lipinski definition) is 1. The number of nitrogens with one attached hydrogen (secondary N) is 1. The van der Waals surface area contributed by atoms with Gasteiger partial charge in [-0.1, -0.05) is 47.5 Å². The van der Waals surface area contributed by atoms with E-state index in [1.807, 2.05) is 0 Å². The smallest absolute Gasteiger partial charge is 0.0303 e. The molecule has 2 rings (SSSR count). The zero-order valence-corrected chi connectivity index (χ0v) is 12.4. The molecule has 0 heterocycles. The van der Waals surface area contributed by atoms with Crippen molar-refractivity contribution in [3.8, 4) is 0 Å². The molecule has 2 heteroatoms. The van der Waals surface area contributed by atoms with E-state index in [9.17, 15) is 0 Å². The lowest BCUT2D eigenvalue weighted by molar-refractivity contribution is 0.397. The second kappa shape index (κ2) is 5.53. The van der Waals surface area contributed by atoms with Gasteiger partial charge in [-0.3, -0.25) is 0 Å². The fourth-order valence-corrected chi connectivity index (χ4v) is 3.16. The highest BCUT2D eigenvalue weighted by atomic mass is 79.9. The summed E-state index contributed by atoms with van der Waals surface area (Å²) in [5.41, 5.74) is 1.99. The summed E-state index contributed by atoms with van der Waals surface area (Å²) in [6.07, 6.45) is 5.51. The molecule has 17 heavy (non-hydrogen) atoms. The standard InChI is InChI=1S/C15H22BrN/c1-3-8-15(9-10-15)11-17-12(2)13-6-4-5-7-14(13)16/h4-7,12,17H,3,8-11H2,1-2H3. The van der Waals surface area contributed by atoms with Gasteiger partial charge < -0.3 is 5.32 Å². The van der Waals surface area contributed by atoms with Crippen LogP contribution in [0.15, 0.2) is 28.7 Å². The maximum absolute atomic E-state index is 3.70. The van der Waals surface area contributed by atoms with Crippen LogP contribution in [0.3, 0.4) is 0 Å². The lowest BCUT2D eigenvalue weighted by atomic mass is 9.99. The number of halogens is 1. The van der Waals surface area contributed by atoms with Gasteiger partial charge in [-0.25, -0.2) is 0 Å². The number of hydrogen-bond donors (Lipinski definition) is 1. The molecule has 0 amide bonds. The molecule has 1 atom stereocenters. The summed E-state index contributed by atoms with van der Waals surface area (Å²) in [5, 5.41) is 3.70. The molecule has 1 saturated carbocycles. The highest BCUT2D eigenvalue weighted by Gasteiger charge is 2.41. The van der Waals surface area contributed by atoms with Gasteiger partial charge in [0.2, 0.25) is 0 Å². The minimum Gasteiger partial charge on any atom is -0.310 e. The highest BCUT2D eigenvalue weighted by Crippen LogP contribution is 2.49. The molecule has 1 aromatic carbocycles. The normalized spacial score (nSPS) is 19.0. The van der Waals surface area contributed by atoms with Gasteiger partial charge in [-0.05, 0) is 43.2 Å². The summed E-state index contributed by atoms with van der Waals surface area (Å²) in [4.78, 5) is 0. The molecule has 0 spiro atoms. The van der Waals surface area contributed by atoms with E-state index in [0.29, 0.717) is 11.5 Å². The van der Waals surface area contributed by atoms with Gasteiger partial charge in [0, 0.05) is 17.1 Å². The summed E-state index contributed by atoms with van der Waals surface area (Å²) >= 11 is 3.62. The average molecular weight is 296 g/mol. The zero-order valence-electron chi connectivity index (χ0n) is 10.8. The summed E-state index contributed by atoms with van der Waals surface area (Å²) in [7, 11) is 0. The van der Waals surface area contributed by atoms with Crippen LogP contribution in [-0.4, -0.2) is 6.54 Å². The van der Waals surface area contributed by atoms with Crippen LogP contribution in [-0.2, 0) is 0 Å². The topological polar surface area (TPSA) is 12.0 Å². The van der Waals surface area contributed by atoms with Crippen molar-refractivity contribution in [1.29, 1.82) is 0 Å². The first-order valence-corrected chi connectivity index (χ1v) is 7.44. The maximum Gasteiger partial charge on any atom is 0.0303 e. The molecule has 0 aliphatic heterocycles. The Morgan fingerprint density at radius 1 is 1.35 bits per heavy atom. The van der Waals surface area contributed by atoms with Crippen molar-refractivity contribution in [3.05, 3.63) is 34.3 Å². The Morgan fingerprint density at radius 2 is 2.06 bits per heavy atom. The molecule has 1 aliphatic carbocycles. The van der Waals surface area contributed by atoms with Gasteiger partial charge in [-0.15, -0.1) is 0 Å². The highest BCUT2D eigenvalue weighted by molar-refractivity contribution is 9.10. The minimum absolute atomic E-state index is 0.430. The van der Waals surface area contributed by atoms with E-state index in [2.05, 4.69) is 59.4 Å². The third-order valence-electron chi connectivity index (χ3n) is 3.89. The lowest BCUT2D eigenvalue weighted by Gasteiger charge is -2.20. The largest absolute Gasteiger partial charge is 0.310 e. The Hall–Kier alpha value is -0.340. The van der Waals surface area contributed by atoms with Gasteiger partial charge in [0.1, 0.15) is 0 Å².